The van der Waals surface area contributed by atoms with Crippen molar-refractivity contribution in [2.45, 2.75) is 39.8 Å². The van der Waals surface area contributed by atoms with Crippen molar-refractivity contribution >= 4 is 23.2 Å². The molecule has 0 bridgehead atoms. The van der Waals surface area contributed by atoms with Gasteiger partial charge in [0.1, 0.15) is 11.0 Å². The number of hydrogen-bond acceptors (Lipinski definition) is 4. The molecule has 1 atom stereocenters. The van der Waals surface area contributed by atoms with Crippen LogP contribution in [0.4, 0.5) is 0 Å². The second kappa shape index (κ2) is 7.35. The highest BCUT2D eigenvalue weighted by Gasteiger charge is 2.36. The Morgan fingerprint density at radius 3 is 2.56 bits per heavy atom. The molecule has 0 aliphatic carbocycles. The first kappa shape index (κ1) is 17.6. The van der Waals surface area contributed by atoms with Gasteiger partial charge in [-0.1, -0.05) is 30.3 Å². The Morgan fingerprint density at radius 2 is 1.92 bits per heavy atom. The molecule has 25 heavy (non-hydrogen) atoms. The van der Waals surface area contributed by atoms with Crippen LogP contribution in [0.3, 0.4) is 0 Å². The van der Waals surface area contributed by atoms with Crippen LogP contribution in [0.5, 0.6) is 0 Å². The van der Waals surface area contributed by atoms with E-state index in [2.05, 4.69) is 4.98 Å². The Hall–Kier alpha value is -2.21. The van der Waals surface area contributed by atoms with Crippen LogP contribution in [-0.2, 0) is 22.6 Å². The summed E-state index contributed by atoms with van der Waals surface area (Å²) in [6.45, 7) is 6.93. The van der Waals surface area contributed by atoms with Crippen molar-refractivity contribution in [2.24, 2.45) is 0 Å². The number of carbonyl (C=O) groups is 2. The van der Waals surface area contributed by atoms with Crippen LogP contribution in [0.1, 0.15) is 28.1 Å². The summed E-state index contributed by atoms with van der Waals surface area (Å²) in [6, 6.07) is 9.59. The Bertz CT molecular complexity index is 753. The lowest BCUT2D eigenvalue weighted by Crippen LogP contribution is -2.58. The third-order valence-electron chi connectivity index (χ3n) is 4.67. The first-order valence-corrected chi connectivity index (χ1v) is 9.32. The number of aryl methyl sites for hydroxylation is 2. The Kier molecular flexibility index (Phi) is 5.18. The molecule has 3 rings (SSSR count). The molecule has 1 aliphatic heterocycles. The van der Waals surface area contributed by atoms with Crippen molar-refractivity contribution < 1.29 is 9.59 Å². The van der Waals surface area contributed by atoms with Crippen molar-refractivity contribution in [3.63, 3.8) is 0 Å². The van der Waals surface area contributed by atoms with Gasteiger partial charge in [-0.05, 0) is 32.8 Å². The van der Waals surface area contributed by atoms with E-state index in [-0.39, 0.29) is 18.4 Å². The van der Waals surface area contributed by atoms with Crippen LogP contribution < -0.4 is 0 Å². The third-order valence-corrected chi connectivity index (χ3v) is 5.73. The molecule has 1 aromatic heterocycles. The second-order valence-corrected chi connectivity index (χ2v) is 7.73. The number of amides is 2. The molecule has 1 aromatic carbocycles. The van der Waals surface area contributed by atoms with Crippen molar-refractivity contribution in [1.82, 2.24) is 14.8 Å². The van der Waals surface area contributed by atoms with Gasteiger partial charge in [-0.15, -0.1) is 11.3 Å². The van der Waals surface area contributed by atoms with Gasteiger partial charge < -0.3 is 9.80 Å². The topological polar surface area (TPSA) is 53.5 Å². The summed E-state index contributed by atoms with van der Waals surface area (Å²) in [6.07, 6.45) is 0.761. The van der Waals surface area contributed by atoms with E-state index in [1.807, 2.05) is 51.1 Å². The first-order valence-electron chi connectivity index (χ1n) is 8.51. The summed E-state index contributed by atoms with van der Waals surface area (Å²) in [5.41, 5.74) is 2.17. The summed E-state index contributed by atoms with van der Waals surface area (Å²) < 4.78 is 0. The van der Waals surface area contributed by atoms with E-state index in [4.69, 9.17) is 0 Å². The second-order valence-electron chi connectivity index (χ2n) is 6.44. The van der Waals surface area contributed by atoms with Gasteiger partial charge in [-0.25, -0.2) is 4.98 Å². The molecule has 1 saturated heterocycles. The fourth-order valence-electron chi connectivity index (χ4n) is 3.02. The van der Waals surface area contributed by atoms with Gasteiger partial charge in [0.25, 0.3) is 0 Å². The minimum atomic E-state index is -0.443. The maximum Gasteiger partial charge on any atom is 0.245 e. The van der Waals surface area contributed by atoms with Gasteiger partial charge in [0, 0.05) is 11.4 Å². The minimum Gasteiger partial charge on any atom is -0.331 e. The lowest BCUT2D eigenvalue weighted by atomic mass is 10.1. The average Bonchev–Trinajstić information content (AvgIpc) is 2.92. The van der Waals surface area contributed by atoms with E-state index in [1.165, 1.54) is 5.56 Å². The van der Waals surface area contributed by atoms with Gasteiger partial charge in [0.05, 0.1) is 18.8 Å². The van der Waals surface area contributed by atoms with Crippen LogP contribution in [0.15, 0.2) is 30.3 Å². The SMILES string of the molecule is Cc1nc(CN2C(=O)CN(CCc3ccccc3)C(=O)[C@H]2C)sc1C. The summed E-state index contributed by atoms with van der Waals surface area (Å²) in [7, 11) is 0. The molecule has 0 unspecified atom stereocenters. The molecule has 1 aliphatic rings. The highest BCUT2D eigenvalue weighted by molar-refractivity contribution is 7.11. The number of nitrogens with zero attached hydrogens (tertiary/aromatic N) is 3. The summed E-state index contributed by atoms with van der Waals surface area (Å²) >= 11 is 1.59. The number of benzene rings is 1. The van der Waals surface area contributed by atoms with Gasteiger partial charge in [0.15, 0.2) is 0 Å². The molecule has 132 valence electrons. The molecular weight excluding hydrogens is 334 g/mol. The lowest BCUT2D eigenvalue weighted by molar-refractivity contribution is -0.155. The minimum absolute atomic E-state index is 0.00864. The summed E-state index contributed by atoms with van der Waals surface area (Å²) in [5, 5.41) is 0.890. The molecule has 2 aromatic rings. The third kappa shape index (κ3) is 3.90. The summed E-state index contributed by atoms with van der Waals surface area (Å²) in [4.78, 5) is 34.2. The van der Waals surface area contributed by atoms with Crippen molar-refractivity contribution in [2.75, 3.05) is 13.1 Å². The molecule has 6 heteroatoms. The van der Waals surface area contributed by atoms with Gasteiger partial charge in [-0.2, -0.15) is 0 Å². The van der Waals surface area contributed by atoms with Crippen LogP contribution in [0, 0.1) is 13.8 Å². The Morgan fingerprint density at radius 1 is 1.20 bits per heavy atom. The molecule has 0 N–H and O–H groups in total. The van der Waals surface area contributed by atoms with Gasteiger partial charge >= 0.3 is 0 Å². The van der Waals surface area contributed by atoms with E-state index in [1.54, 1.807) is 21.1 Å². The first-order chi connectivity index (χ1) is 12.0. The molecule has 0 radical (unpaired) electrons. The number of hydrogen-bond donors (Lipinski definition) is 0. The normalized spacial score (nSPS) is 18.1. The number of rotatable bonds is 5. The number of piperazine rings is 1. The zero-order chi connectivity index (χ0) is 18.0. The van der Waals surface area contributed by atoms with E-state index in [0.717, 1.165) is 22.0 Å². The molecule has 5 nitrogen and oxygen atoms in total. The molecule has 1 fully saturated rings. The Labute approximate surface area is 152 Å². The molecular formula is C19H23N3O2S. The van der Waals surface area contributed by atoms with Gasteiger partial charge in [-0.3, -0.25) is 9.59 Å². The number of carbonyl (C=O) groups excluding carboxylic acids is 2. The monoisotopic (exact) mass is 357 g/mol. The standard InChI is InChI=1S/C19H23N3O2S/c1-13-15(3)25-17(20-13)11-22-14(2)19(24)21(12-18(22)23)10-9-16-7-5-4-6-8-16/h4-8,14H,9-12H2,1-3H3/t14-/m1/s1. The highest BCUT2D eigenvalue weighted by Crippen LogP contribution is 2.21. The number of aromatic nitrogens is 1. The Balaban J connectivity index is 1.64. The quantitative estimate of drug-likeness (QED) is 0.826. The predicted octanol–water partition coefficient (Wildman–Crippen LogP) is 2.56. The maximum atomic E-state index is 12.7. The molecule has 0 saturated carbocycles. The molecule has 2 amide bonds. The van der Waals surface area contributed by atoms with E-state index < -0.39 is 6.04 Å². The van der Waals surface area contributed by atoms with Crippen LogP contribution >= 0.6 is 11.3 Å². The van der Waals surface area contributed by atoms with Gasteiger partial charge in [0.2, 0.25) is 11.8 Å². The predicted molar refractivity (Wildman–Crippen MR) is 98.3 cm³/mol. The summed E-state index contributed by atoms with van der Waals surface area (Å²) in [5.74, 6) is 0.00574. The zero-order valence-corrected chi connectivity index (χ0v) is 15.7. The van der Waals surface area contributed by atoms with E-state index in [0.29, 0.717) is 13.1 Å². The van der Waals surface area contributed by atoms with Crippen molar-refractivity contribution in [3.8, 4) is 0 Å². The maximum absolute atomic E-state index is 12.7. The largest absolute Gasteiger partial charge is 0.331 e. The van der Waals surface area contributed by atoms with Crippen LogP contribution in [0.25, 0.3) is 0 Å². The highest BCUT2D eigenvalue weighted by atomic mass is 32.1. The number of thiazole rings is 1. The smallest absolute Gasteiger partial charge is 0.245 e. The van der Waals surface area contributed by atoms with E-state index >= 15 is 0 Å². The molecule has 2 heterocycles. The van der Waals surface area contributed by atoms with Crippen LogP contribution in [0.2, 0.25) is 0 Å². The lowest BCUT2D eigenvalue weighted by Gasteiger charge is -2.38. The van der Waals surface area contributed by atoms with Crippen molar-refractivity contribution in [3.05, 3.63) is 51.5 Å². The van der Waals surface area contributed by atoms with Crippen LogP contribution in [-0.4, -0.2) is 45.7 Å². The fraction of sp³-hybridized carbons (Fsp3) is 0.421. The van der Waals surface area contributed by atoms with E-state index in [9.17, 15) is 9.59 Å². The van der Waals surface area contributed by atoms with Crippen molar-refractivity contribution in [1.29, 1.82) is 0 Å². The molecule has 0 spiro atoms. The fourth-order valence-corrected chi connectivity index (χ4v) is 3.95. The average molecular weight is 357 g/mol. The zero-order valence-electron chi connectivity index (χ0n) is 14.9.